The van der Waals surface area contributed by atoms with E-state index in [2.05, 4.69) is 4.74 Å². The van der Waals surface area contributed by atoms with Crippen LogP contribution < -0.4 is 9.64 Å². The van der Waals surface area contributed by atoms with Gasteiger partial charge in [-0.15, -0.1) is 0 Å². The quantitative estimate of drug-likeness (QED) is 0.448. The topological polar surface area (TPSA) is 108 Å². The van der Waals surface area contributed by atoms with Crippen LogP contribution >= 0.6 is 0 Å². The van der Waals surface area contributed by atoms with Gasteiger partial charge in [-0.3, -0.25) is 14.9 Å². The molecule has 118 valence electrons. The zero-order valence-corrected chi connectivity index (χ0v) is 12.0. The highest BCUT2D eigenvalue weighted by atomic mass is 16.6. The standard InChI is InChI=1S/C13H14N2O7/c1-20-4-3-14-10-5-8(13(17)21-2)9(15(18)19)6-11(10)22-7-12(14)16/h5-6H,3-4,7H2,1-2H3. The molecule has 9 nitrogen and oxygen atoms in total. The molecule has 0 fully saturated rings. The van der Waals surface area contributed by atoms with Crippen LogP contribution in [0.4, 0.5) is 11.4 Å². The van der Waals surface area contributed by atoms with Gasteiger partial charge in [0.15, 0.2) is 12.4 Å². The van der Waals surface area contributed by atoms with E-state index in [0.29, 0.717) is 0 Å². The average molecular weight is 310 g/mol. The number of carbonyl (C=O) groups is 2. The highest BCUT2D eigenvalue weighted by Crippen LogP contribution is 2.38. The summed E-state index contributed by atoms with van der Waals surface area (Å²) in [6, 6.07) is 2.35. The molecule has 1 heterocycles. The zero-order chi connectivity index (χ0) is 16.3. The Morgan fingerprint density at radius 2 is 2.18 bits per heavy atom. The summed E-state index contributed by atoms with van der Waals surface area (Å²) in [4.78, 5) is 35.4. The molecule has 1 aliphatic heterocycles. The second-order valence-electron chi connectivity index (χ2n) is 4.41. The number of benzene rings is 1. The molecule has 0 atom stereocenters. The minimum Gasteiger partial charge on any atom is -0.481 e. The van der Waals surface area contributed by atoms with E-state index < -0.39 is 16.6 Å². The second kappa shape index (κ2) is 6.39. The number of anilines is 1. The number of nitrogens with zero attached hydrogens (tertiary/aromatic N) is 2. The Morgan fingerprint density at radius 1 is 1.45 bits per heavy atom. The van der Waals surface area contributed by atoms with Gasteiger partial charge in [-0.2, -0.15) is 0 Å². The number of fused-ring (bicyclic) bond motifs is 1. The molecule has 0 unspecified atom stereocenters. The number of ether oxygens (including phenoxy) is 3. The molecule has 0 saturated heterocycles. The average Bonchev–Trinajstić information content (AvgIpc) is 2.51. The largest absolute Gasteiger partial charge is 0.481 e. The predicted molar refractivity (Wildman–Crippen MR) is 74.2 cm³/mol. The van der Waals surface area contributed by atoms with Gasteiger partial charge in [-0.1, -0.05) is 0 Å². The van der Waals surface area contributed by atoms with Crippen molar-refractivity contribution in [2.75, 3.05) is 38.9 Å². The lowest BCUT2D eigenvalue weighted by atomic mass is 10.1. The first-order valence-corrected chi connectivity index (χ1v) is 6.32. The van der Waals surface area contributed by atoms with Gasteiger partial charge < -0.3 is 19.1 Å². The molecule has 22 heavy (non-hydrogen) atoms. The first kappa shape index (κ1) is 15.7. The van der Waals surface area contributed by atoms with Crippen molar-refractivity contribution < 1.29 is 28.7 Å². The van der Waals surface area contributed by atoms with Crippen LogP contribution in [0.25, 0.3) is 0 Å². The number of hydrogen-bond acceptors (Lipinski definition) is 7. The fraction of sp³-hybridized carbons (Fsp3) is 0.385. The maximum Gasteiger partial charge on any atom is 0.344 e. The lowest BCUT2D eigenvalue weighted by molar-refractivity contribution is -0.385. The number of carbonyl (C=O) groups excluding carboxylic acids is 2. The normalized spacial score (nSPS) is 13.4. The Balaban J connectivity index is 2.54. The molecule has 1 aromatic rings. The van der Waals surface area contributed by atoms with Crippen molar-refractivity contribution in [2.45, 2.75) is 0 Å². The third-order valence-electron chi connectivity index (χ3n) is 3.14. The molecule has 0 radical (unpaired) electrons. The van der Waals surface area contributed by atoms with Crippen LogP contribution in [-0.4, -0.2) is 50.8 Å². The Kier molecular flexibility index (Phi) is 4.56. The second-order valence-corrected chi connectivity index (χ2v) is 4.41. The summed E-state index contributed by atoms with van der Waals surface area (Å²) in [6.45, 7) is 0.283. The van der Waals surface area contributed by atoms with Gasteiger partial charge in [-0.25, -0.2) is 4.79 Å². The van der Waals surface area contributed by atoms with Crippen molar-refractivity contribution in [3.63, 3.8) is 0 Å². The first-order valence-electron chi connectivity index (χ1n) is 6.32. The Labute approximate surface area is 125 Å². The van der Waals surface area contributed by atoms with Gasteiger partial charge in [0.1, 0.15) is 5.56 Å². The number of amides is 1. The molecule has 9 heteroatoms. The van der Waals surface area contributed by atoms with E-state index in [1.165, 1.54) is 18.1 Å². The molecule has 0 aliphatic carbocycles. The smallest absolute Gasteiger partial charge is 0.344 e. The van der Waals surface area contributed by atoms with E-state index in [1.54, 1.807) is 0 Å². The fourth-order valence-electron chi connectivity index (χ4n) is 2.09. The molecule has 0 bridgehead atoms. The maximum atomic E-state index is 11.9. The van der Waals surface area contributed by atoms with Gasteiger partial charge in [0.25, 0.3) is 11.6 Å². The summed E-state index contributed by atoms with van der Waals surface area (Å²) in [7, 11) is 2.61. The van der Waals surface area contributed by atoms with Crippen molar-refractivity contribution in [3.8, 4) is 5.75 Å². The van der Waals surface area contributed by atoms with E-state index in [0.717, 1.165) is 13.2 Å². The molecular weight excluding hydrogens is 296 g/mol. The summed E-state index contributed by atoms with van der Waals surface area (Å²) in [5.41, 5.74) is -0.405. The molecule has 1 aliphatic rings. The van der Waals surface area contributed by atoms with E-state index in [9.17, 15) is 19.7 Å². The summed E-state index contributed by atoms with van der Waals surface area (Å²) in [5.74, 6) is -1.02. The first-order chi connectivity index (χ1) is 10.5. The number of nitro benzene ring substituents is 1. The maximum absolute atomic E-state index is 11.9. The molecule has 0 spiro atoms. The van der Waals surface area contributed by atoms with Crippen LogP contribution in [0.5, 0.6) is 5.75 Å². The Hall–Kier alpha value is -2.68. The summed E-state index contributed by atoms with van der Waals surface area (Å²) < 4.78 is 14.7. The Bertz CT molecular complexity index is 629. The van der Waals surface area contributed by atoms with Gasteiger partial charge in [0.05, 0.1) is 30.4 Å². The molecular formula is C13H14N2O7. The van der Waals surface area contributed by atoms with E-state index in [-0.39, 0.29) is 42.7 Å². The van der Waals surface area contributed by atoms with Gasteiger partial charge >= 0.3 is 5.97 Å². The van der Waals surface area contributed by atoms with E-state index in [1.807, 2.05) is 0 Å². The zero-order valence-electron chi connectivity index (χ0n) is 12.0. The van der Waals surface area contributed by atoms with Crippen molar-refractivity contribution in [3.05, 3.63) is 27.8 Å². The fourth-order valence-corrected chi connectivity index (χ4v) is 2.09. The lowest BCUT2D eigenvalue weighted by Gasteiger charge is -2.29. The monoisotopic (exact) mass is 310 g/mol. The SMILES string of the molecule is COCCN1C(=O)COc2cc([N+](=O)[O-])c(C(=O)OC)cc21. The van der Waals surface area contributed by atoms with Gasteiger partial charge in [-0.05, 0) is 6.07 Å². The Morgan fingerprint density at radius 3 is 2.77 bits per heavy atom. The van der Waals surface area contributed by atoms with Crippen molar-refractivity contribution in [2.24, 2.45) is 0 Å². The minimum absolute atomic E-state index is 0.162. The third-order valence-corrected chi connectivity index (χ3v) is 3.14. The van der Waals surface area contributed by atoms with Gasteiger partial charge in [0, 0.05) is 13.7 Å². The highest BCUT2D eigenvalue weighted by Gasteiger charge is 2.31. The third kappa shape index (κ3) is 2.84. The number of hydrogen-bond donors (Lipinski definition) is 0. The molecule has 1 aromatic carbocycles. The van der Waals surface area contributed by atoms with E-state index >= 15 is 0 Å². The molecule has 2 rings (SSSR count). The van der Waals surface area contributed by atoms with Crippen LogP contribution in [0.1, 0.15) is 10.4 Å². The van der Waals surface area contributed by atoms with Crippen molar-refractivity contribution in [1.29, 1.82) is 0 Å². The van der Waals surface area contributed by atoms with Crippen LogP contribution in [0.15, 0.2) is 12.1 Å². The van der Waals surface area contributed by atoms with Gasteiger partial charge in [0.2, 0.25) is 0 Å². The number of rotatable bonds is 5. The van der Waals surface area contributed by atoms with Crippen LogP contribution in [-0.2, 0) is 14.3 Å². The lowest BCUT2D eigenvalue weighted by Crippen LogP contribution is -2.40. The van der Waals surface area contributed by atoms with Crippen LogP contribution in [0.2, 0.25) is 0 Å². The predicted octanol–water partition coefficient (Wildman–Crippen LogP) is 0.753. The van der Waals surface area contributed by atoms with E-state index in [4.69, 9.17) is 9.47 Å². The number of methoxy groups -OCH3 is 2. The van der Waals surface area contributed by atoms with Crippen molar-refractivity contribution in [1.82, 2.24) is 0 Å². The molecule has 1 amide bonds. The molecule has 0 aromatic heterocycles. The summed E-state index contributed by atoms with van der Waals surface area (Å²) in [5, 5.41) is 11.1. The number of nitro groups is 1. The molecule has 0 N–H and O–H groups in total. The molecule has 0 saturated carbocycles. The highest BCUT2D eigenvalue weighted by molar-refractivity contribution is 6.02. The van der Waals surface area contributed by atoms with Crippen LogP contribution in [0.3, 0.4) is 0 Å². The van der Waals surface area contributed by atoms with Crippen molar-refractivity contribution >= 4 is 23.3 Å². The minimum atomic E-state index is -0.862. The summed E-state index contributed by atoms with van der Waals surface area (Å²) in [6.07, 6.45) is 0. The van der Waals surface area contributed by atoms with Crippen LogP contribution in [0, 0.1) is 10.1 Å². The summed E-state index contributed by atoms with van der Waals surface area (Å²) >= 11 is 0. The number of esters is 1.